The first kappa shape index (κ1) is 19.5. The van der Waals surface area contributed by atoms with Crippen molar-refractivity contribution in [2.75, 3.05) is 20.8 Å². The molecule has 1 amide bonds. The Labute approximate surface area is 113 Å². The van der Waals surface area contributed by atoms with Crippen molar-refractivity contribution in [3.63, 3.8) is 0 Å². The van der Waals surface area contributed by atoms with Gasteiger partial charge in [0.1, 0.15) is 12.1 Å². The van der Waals surface area contributed by atoms with E-state index in [1.807, 2.05) is 0 Å². The molecular formula is C12H23NO6. The van der Waals surface area contributed by atoms with Gasteiger partial charge in [-0.2, -0.15) is 0 Å². The molecule has 1 N–H and O–H groups in total. The molecular weight excluding hydrogens is 254 g/mol. The summed E-state index contributed by atoms with van der Waals surface area (Å²) in [5.74, 6) is -0.666. The first-order valence-corrected chi connectivity index (χ1v) is 5.76. The third-order valence-electron chi connectivity index (χ3n) is 1.52. The highest BCUT2D eigenvalue weighted by atomic mass is 16.6. The fourth-order valence-electron chi connectivity index (χ4n) is 0.675. The summed E-state index contributed by atoms with van der Waals surface area (Å²) in [5, 5.41) is 2.25. The van der Waals surface area contributed by atoms with Gasteiger partial charge in [0.2, 0.25) is 0 Å². The zero-order valence-corrected chi connectivity index (χ0v) is 12.4. The van der Waals surface area contributed by atoms with Crippen LogP contribution in [0.2, 0.25) is 0 Å². The molecule has 0 radical (unpaired) electrons. The molecule has 0 fully saturated rings. The summed E-state index contributed by atoms with van der Waals surface area (Å²) >= 11 is 0. The second kappa shape index (κ2) is 10.2. The lowest BCUT2D eigenvalue weighted by Crippen LogP contribution is -2.35. The number of hydrogen-bond acceptors (Lipinski definition) is 6. The number of methoxy groups -OCH3 is 2. The molecule has 0 aliphatic rings. The lowest BCUT2D eigenvalue weighted by atomic mass is 10.2. The van der Waals surface area contributed by atoms with E-state index in [4.69, 9.17) is 4.74 Å². The van der Waals surface area contributed by atoms with Crippen molar-refractivity contribution in [3.8, 4) is 0 Å². The van der Waals surface area contributed by atoms with Crippen LogP contribution in [0.1, 0.15) is 34.1 Å². The molecule has 112 valence electrons. The quantitative estimate of drug-likeness (QED) is 0.616. The molecule has 0 saturated heterocycles. The van der Waals surface area contributed by atoms with E-state index in [-0.39, 0.29) is 12.5 Å². The van der Waals surface area contributed by atoms with E-state index in [1.165, 1.54) is 14.2 Å². The van der Waals surface area contributed by atoms with Crippen LogP contribution in [0.5, 0.6) is 0 Å². The summed E-state index contributed by atoms with van der Waals surface area (Å²) < 4.78 is 13.5. The van der Waals surface area contributed by atoms with Gasteiger partial charge in [-0.05, 0) is 20.8 Å². The average Bonchev–Trinajstić information content (AvgIpc) is 2.33. The van der Waals surface area contributed by atoms with Gasteiger partial charge in [0.25, 0.3) is 0 Å². The monoisotopic (exact) mass is 277 g/mol. The number of esters is 2. The Morgan fingerprint density at radius 3 is 1.74 bits per heavy atom. The minimum atomic E-state index is -0.627. The van der Waals surface area contributed by atoms with E-state index in [0.717, 1.165) is 0 Å². The minimum absolute atomic E-state index is 0.157. The van der Waals surface area contributed by atoms with Gasteiger partial charge in [-0.1, -0.05) is 6.92 Å². The SMILES string of the molecule is CCC(=O)OC.COC(=O)CNC(=O)OC(C)(C)C. The third kappa shape index (κ3) is 16.2. The zero-order chi connectivity index (χ0) is 15.5. The molecule has 0 aliphatic carbocycles. The van der Waals surface area contributed by atoms with Gasteiger partial charge in [-0.15, -0.1) is 0 Å². The Morgan fingerprint density at radius 1 is 1.00 bits per heavy atom. The van der Waals surface area contributed by atoms with Crippen LogP contribution in [0.4, 0.5) is 4.79 Å². The Kier molecular flexibility index (Phi) is 10.5. The van der Waals surface area contributed by atoms with Crippen LogP contribution in [-0.2, 0) is 23.8 Å². The number of carbonyl (C=O) groups excluding carboxylic acids is 3. The molecule has 0 aliphatic heterocycles. The van der Waals surface area contributed by atoms with E-state index in [1.54, 1.807) is 27.7 Å². The summed E-state index contributed by atoms with van der Waals surface area (Å²) in [6, 6.07) is 0. The van der Waals surface area contributed by atoms with Crippen molar-refractivity contribution < 1.29 is 28.6 Å². The molecule has 0 aromatic heterocycles. The third-order valence-corrected chi connectivity index (χ3v) is 1.52. The van der Waals surface area contributed by atoms with Crippen molar-refractivity contribution in [1.82, 2.24) is 5.32 Å². The summed E-state index contributed by atoms with van der Waals surface area (Å²) in [4.78, 5) is 31.5. The largest absolute Gasteiger partial charge is 0.469 e. The highest BCUT2D eigenvalue weighted by Gasteiger charge is 2.16. The zero-order valence-electron chi connectivity index (χ0n) is 12.4. The highest BCUT2D eigenvalue weighted by Crippen LogP contribution is 2.05. The van der Waals surface area contributed by atoms with Crippen LogP contribution in [0.3, 0.4) is 0 Å². The maximum absolute atomic E-state index is 10.9. The number of hydrogen-bond donors (Lipinski definition) is 1. The molecule has 0 saturated carbocycles. The Morgan fingerprint density at radius 2 is 1.47 bits per heavy atom. The summed E-state index contributed by atoms with van der Waals surface area (Å²) in [5.41, 5.74) is -0.555. The van der Waals surface area contributed by atoms with E-state index >= 15 is 0 Å². The number of carbonyl (C=O) groups is 3. The lowest BCUT2D eigenvalue weighted by Gasteiger charge is -2.19. The second-order valence-electron chi connectivity index (χ2n) is 4.36. The molecule has 0 unspecified atom stereocenters. The van der Waals surface area contributed by atoms with Crippen LogP contribution in [0, 0.1) is 0 Å². The number of alkyl carbamates (subject to hydrolysis) is 1. The fourth-order valence-corrected chi connectivity index (χ4v) is 0.675. The molecule has 0 spiro atoms. The van der Waals surface area contributed by atoms with Gasteiger partial charge >= 0.3 is 18.0 Å². The number of rotatable bonds is 3. The predicted molar refractivity (Wildman–Crippen MR) is 68.6 cm³/mol. The van der Waals surface area contributed by atoms with Crippen LogP contribution in [-0.4, -0.2) is 44.4 Å². The maximum Gasteiger partial charge on any atom is 0.408 e. The standard InChI is InChI=1S/C8H15NO4.C4H8O2/c1-8(2,3)13-7(11)9-5-6(10)12-4;1-3-4(5)6-2/h5H2,1-4H3,(H,9,11);3H2,1-2H3. The van der Waals surface area contributed by atoms with Crippen LogP contribution >= 0.6 is 0 Å². The number of amides is 1. The molecule has 0 aromatic carbocycles. The van der Waals surface area contributed by atoms with Crippen molar-refractivity contribution in [2.45, 2.75) is 39.7 Å². The predicted octanol–water partition coefficient (Wildman–Crippen LogP) is 1.25. The lowest BCUT2D eigenvalue weighted by molar-refractivity contribution is -0.140. The van der Waals surface area contributed by atoms with Crippen molar-refractivity contribution in [3.05, 3.63) is 0 Å². The van der Waals surface area contributed by atoms with E-state index in [0.29, 0.717) is 6.42 Å². The topological polar surface area (TPSA) is 90.9 Å². The van der Waals surface area contributed by atoms with Crippen LogP contribution < -0.4 is 5.32 Å². The van der Waals surface area contributed by atoms with Gasteiger partial charge in [-0.3, -0.25) is 9.59 Å². The molecule has 7 heteroatoms. The van der Waals surface area contributed by atoms with Gasteiger partial charge in [0.05, 0.1) is 14.2 Å². The highest BCUT2D eigenvalue weighted by molar-refractivity contribution is 5.77. The van der Waals surface area contributed by atoms with Crippen molar-refractivity contribution in [2.24, 2.45) is 0 Å². The normalized spacial score (nSPS) is 9.58. The average molecular weight is 277 g/mol. The fraction of sp³-hybridized carbons (Fsp3) is 0.750. The number of ether oxygens (including phenoxy) is 3. The summed E-state index contributed by atoms with van der Waals surface area (Å²) in [7, 11) is 2.63. The van der Waals surface area contributed by atoms with E-state index in [9.17, 15) is 14.4 Å². The summed E-state index contributed by atoms with van der Waals surface area (Å²) in [6.45, 7) is 6.80. The second-order valence-corrected chi connectivity index (χ2v) is 4.36. The minimum Gasteiger partial charge on any atom is -0.469 e. The van der Waals surface area contributed by atoms with Crippen LogP contribution in [0.15, 0.2) is 0 Å². The van der Waals surface area contributed by atoms with Crippen molar-refractivity contribution >= 4 is 18.0 Å². The first-order chi connectivity index (χ1) is 8.66. The molecule has 0 atom stereocenters. The maximum atomic E-state index is 10.9. The first-order valence-electron chi connectivity index (χ1n) is 5.76. The smallest absolute Gasteiger partial charge is 0.408 e. The van der Waals surface area contributed by atoms with Crippen LogP contribution in [0.25, 0.3) is 0 Å². The molecule has 19 heavy (non-hydrogen) atoms. The molecule has 0 aromatic rings. The van der Waals surface area contributed by atoms with Gasteiger partial charge < -0.3 is 19.5 Å². The molecule has 7 nitrogen and oxygen atoms in total. The Hall–Kier alpha value is -1.79. The van der Waals surface area contributed by atoms with E-state index in [2.05, 4.69) is 14.8 Å². The molecule has 0 bridgehead atoms. The Bertz CT molecular complexity index is 289. The van der Waals surface area contributed by atoms with Crippen molar-refractivity contribution in [1.29, 1.82) is 0 Å². The van der Waals surface area contributed by atoms with Gasteiger partial charge in [0.15, 0.2) is 0 Å². The summed E-state index contributed by atoms with van der Waals surface area (Å²) in [6.07, 6.45) is -0.158. The number of nitrogens with one attached hydrogen (secondary N) is 1. The Balaban J connectivity index is 0. The van der Waals surface area contributed by atoms with E-state index < -0.39 is 17.7 Å². The molecule has 0 heterocycles. The molecule has 0 rings (SSSR count). The van der Waals surface area contributed by atoms with Gasteiger partial charge in [0, 0.05) is 6.42 Å². The van der Waals surface area contributed by atoms with Gasteiger partial charge in [-0.25, -0.2) is 4.79 Å².